The molecule has 0 N–H and O–H groups in total. The first-order chi connectivity index (χ1) is 9.42. The zero-order valence-electron chi connectivity index (χ0n) is 12.0. The summed E-state index contributed by atoms with van der Waals surface area (Å²) in [6.07, 6.45) is 0.477. The van der Waals surface area contributed by atoms with Crippen LogP contribution in [0.25, 0.3) is 0 Å². The highest BCUT2D eigenvalue weighted by molar-refractivity contribution is 7.91. The molecule has 0 radical (unpaired) electrons. The maximum atomic E-state index is 12.4. The second-order valence-electron chi connectivity index (χ2n) is 5.53. The molecule has 1 saturated heterocycles. The molecule has 20 heavy (non-hydrogen) atoms. The molecule has 1 aliphatic rings. The van der Waals surface area contributed by atoms with Crippen LogP contribution in [0.2, 0.25) is 0 Å². The Balaban J connectivity index is 2.22. The summed E-state index contributed by atoms with van der Waals surface area (Å²) in [6.45, 7) is 4.51. The summed E-state index contributed by atoms with van der Waals surface area (Å²) in [5.74, 6) is -0.00901. The minimum Gasteiger partial charge on any atom is -0.341 e. The van der Waals surface area contributed by atoms with E-state index >= 15 is 0 Å². The van der Waals surface area contributed by atoms with Crippen LogP contribution in [0, 0.1) is 5.92 Å². The molecule has 1 unspecified atom stereocenters. The van der Waals surface area contributed by atoms with Crippen LogP contribution in [0.1, 0.15) is 31.1 Å². The first-order valence-electron chi connectivity index (χ1n) is 6.97. The average Bonchev–Trinajstić information content (AvgIpc) is 2.57. The van der Waals surface area contributed by atoms with Crippen LogP contribution in [0.5, 0.6) is 0 Å². The molecule has 1 aromatic rings. The third-order valence-electron chi connectivity index (χ3n) is 3.72. The van der Waals surface area contributed by atoms with Gasteiger partial charge in [-0.05, 0) is 12.0 Å². The van der Waals surface area contributed by atoms with Gasteiger partial charge in [0.15, 0.2) is 9.84 Å². The number of carbonyl (C=O) groups excluding carboxylic acids is 1. The van der Waals surface area contributed by atoms with Crippen molar-refractivity contribution in [1.82, 2.24) is 4.90 Å². The van der Waals surface area contributed by atoms with Crippen LogP contribution >= 0.6 is 0 Å². The molecular weight excluding hydrogens is 274 g/mol. The number of sulfone groups is 1. The van der Waals surface area contributed by atoms with E-state index < -0.39 is 15.1 Å². The molecule has 4 nitrogen and oxygen atoms in total. The lowest BCUT2D eigenvalue weighted by Gasteiger charge is -2.22. The molecule has 5 heteroatoms. The van der Waals surface area contributed by atoms with E-state index in [0.717, 1.165) is 5.56 Å². The van der Waals surface area contributed by atoms with E-state index in [1.807, 2.05) is 44.2 Å². The van der Waals surface area contributed by atoms with Gasteiger partial charge in [0, 0.05) is 19.0 Å². The van der Waals surface area contributed by atoms with Crippen LogP contribution in [0.3, 0.4) is 0 Å². The first-order valence-corrected chi connectivity index (χ1v) is 8.68. The number of amides is 1. The van der Waals surface area contributed by atoms with E-state index in [1.165, 1.54) is 0 Å². The molecular formula is C15H21NO3S. The lowest BCUT2D eigenvalue weighted by Crippen LogP contribution is -2.36. The summed E-state index contributed by atoms with van der Waals surface area (Å²) in [5, 5.41) is -0.492. The molecule has 0 saturated carbocycles. The molecule has 1 heterocycles. The molecule has 0 spiro atoms. The highest BCUT2D eigenvalue weighted by Crippen LogP contribution is 2.29. The van der Waals surface area contributed by atoms with Crippen molar-refractivity contribution in [3.05, 3.63) is 35.9 Å². The highest BCUT2D eigenvalue weighted by atomic mass is 32.2. The van der Waals surface area contributed by atoms with Gasteiger partial charge >= 0.3 is 0 Å². The fraction of sp³-hybridized carbons (Fsp3) is 0.533. The number of rotatable bonds is 2. The molecule has 1 aromatic carbocycles. The SMILES string of the molecule is CC(C)C(=O)N1CCC(c2ccccc2)S(=O)(=O)CC1. The third-order valence-corrected chi connectivity index (χ3v) is 5.84. The number of hydrogen-bond donors (Lipinski definition) is 0. The lowest BCUT2D eigenvalue weighted by molar-refractivity contribution is -0.134. The van der Waals surface area contributed by atoms with E-state index in [9.17, 15) is 13.2 Å². The number of carbonyl (C=O) groups is 1. The summed E-state index contributed by atoms with van der Waals surface area (Å²) in [5.41, 5.74) is 0.825. The maximum absolute atomic E-state index is 12.4. The topological polar surface area (TPSA) is 54.5 Å². The number of benzene rings is 1. The smallest absolute Gasteiger partial charge is 0.225 e. The van der Waals surface area contributed by atoms with Gasteiger partial charge in [0.2, 0.25) is 5.91 Å². The van der Waals surface area contributed by atoms with Crippen molar-refractivity contribution in [1.29, 1.82) is 0 Å². The number of nitrogens with zero attached hydrogens (tertiary/aromatic N) is 1. The van der Waals surface area contributed by atoms with Gasteiger partial charge in [-0.25, -0.2) is 8.42 Å². The van der Waals surface area contributed by atoms with E-state index in [1.54, 1.807) is 4.90 Å². The zero-order valence-corrected chi connectivity index (χ0v) is 12.8. The van der Waals surface area contributed by atoms with E-state index in [4.69, 9.17) is 0 Å². The van der Waals surface area contributed by atoms with Crippen molar-refractivity contribution >= 4 is 15.7 Å². The molecule has 0 aliphatic carbocycles. The summed E-state index contributed by atoms with van der Waals surface area (Å²) < 4.78 is 24.8. The molecule has 0 aromatic heterocycles. The van der Waals surface area contributed by atoms with Gasteiger partial charge in [-0.1, -0.05) is 44.2 Å². The van der Waals surface area contributed by atoms with Gasteiger partial charge in [-0.2, -0.15) is 0 Å². The van der Waals surface area contributed by atoms with Crippen LogP contribution < -0.4 is 0 Å². The second-order valence-corrected chi connectivity index (χ2v) is 7.84. The number of hydrogen-bond acceptors (Lipinski definition) is 3. The predicted molar refractivity (Wildman–Crippen MR) is 79.0 cm³/mol. The Morgan fingerprint density at radius 3 is 2.45 bits per heavy atom. The van der Waals surface area contributed by atoms with E-state index in [2.05, 4.69) is 0 Å². The Labute approximate surface area is 120 Å². The summed E-state index contributed by atoms with van der Waals surface area (Å²) in [6, 6.07) is 9.28. The zero-order chi connectivity index (χ0) is 14.8. The second kappa shape index (κ2) is 5.95. The molecule has 2 rings (SSSR count). The fourth-order valence-corrected chi connectivity index (χ4v) is 4.37. The molecule has 1 aliphatic heterocycles. The Kier molecular flexibility index (Phi) is 4.48. The molecule has 0 bridgehead atoms. The first kappa shape index (κ1) is 15.0. The molecule has 1 atom stereocenters. The van der Waals surface area contributed by atoms with Crippen LogP contribution in [-0.4, -0.2) is 38.1 Å². The molecule has 1 fully saturated rings. The Bertz CT molecular complexity index is 566. The van der Waals surface area contributed by atoms with Crippen molar-refractivity contribution in [2.75, 3.05) is 18.8 Å². The largest absolute Gasteiger partial charge is 0.341 e. The normalized spacial score (nSPS) is 22.6. The minimum atomic E-state index is -3.20. The lowest BCUT2D eigenvalue weighted by atomic mass is 10.1. The summed E-state index contributed by atoms with van der Waals surface area (Å²) in [4.78, 5) is 13.7. The Morgan fingerprint density at radius 1 is 1.20 bits per heavy atom. The van der Waals surface area contributed by atoms with Crippen LogP contribution in [-0.2, 0) is 14.6 Å². The quantitative estimate of drug-likeness (QED) is 0.839. The monoisotopic (exact) mass is 295 g/mol. The van der Waals surface area contributed by atoms with Crippen molar-refractivity contribution in [2.45, 2.75) is 25.5 Å². The highest BCUT2D eigenvalue weighted by Gasteiger charge is 2.32. The van der Waals surface area contributed by atoms with Gasteiger partial charge in [0.05, 0.1) is 11.0 Å². The van der Waals surface area contributed by atoms with Crippen LogP contribution in [0.15, 0.2) is 30.3 Å². The van der Waals surface area contributed by atoms with Gasteiger partial charge in [0.25, 0.3) is 0 Å². The van der Waals surface area contributed by atoms with Crippen molar-refractivity contribution in [3.8, 4) is 0 Å². The van der Waals surface area contributed by atoms with Crippen molar-refractivity contribution < 1.29 is 13.2 Å². The molecule has 1 amide bonds. The Hall–Kier alpha value is -1.36. The maximum Gasteiger partial charge on any atom is 0.225 e. The van der Waals surface area contributed by atoms with Gasteiger partial charge in [-0.15, -0.1) is 0 Å². The van der Waals surface area contributed by atoms with Gasteiger partial charge in [0.1, 0.15) is 0 Å². The van der Waals surface area contributed by atoms with E-state index in [0.29, 0.717) is 19.5 Å². The van der Waals surface area contributed by atoms with Gasteiger partial charge in [-0.3, -0.25) is 4.79 Å². The van der Waals surface area contributed by atoms with Crippen molar-refractivity contribution in [3.63, 3.8) is 0 Å². The Morgan fingerprint density at radius 2 is 1.85 bits per heavy atom. The van der Waals surface area contributed by atoms with Crippen LogP contribution in [0.4, 0.5) is 0 Å². The van der Waals surface area contributed by atoms with E-state index in [-0.39, 0.29) is 17.6 Å². The fourth-order valence-electron chi connectivity index (χ4n) is 2.57. The van der Waals surface area contributed by atoms with Crippen molar-refractivity contribution in [2.24, 2.45) is 5.92 Å². The standard InChI is InChI=1S/C15H21NO3S/c1-12(2)15(17)16-9-8-14(20(18,19)11-10-16)13-6-4-3-5-7-13/h3-7,12,14H,8-11H2,1-2H3. The average molecular weight is 295 g/mol. The third kappa shape index (κ3) is 3.20. The molecule has 110 valence electrons. The van der Waals surface area contributed by atoms with Gasteiger partial charge < -0.3 is 4.90 Å². The predicted octanol–water partition coefficient (Wildman–Crippen LogP) is 2.03. The summed E-state index contributed by atoms with van der Waals surface area (Å²) in [7, 11) is -3.20. The summed E-state index contributed by atoms with van der Waals surface area (Å²) >= 11 is 0. The minimum absolute atomic E-state index is 0.0360.